The molecule has 0 unspecified atom stereocenters. The van der Waals surface area contributed by atoms with Gasteiger partial charge in [0.1, 0.15) is 0 Å². The molecule has 1 aromatic rings. The molecule has 0 aliphatic rings. The van der Waals surface area contributed by atoms with Crippen LogP contribution in [0.4, 0.5) is 13.2 Å². The Hall–Kier alpha value is -0.254. The minimum atomic E-state index is -4.00. The van der Waals surface area contributed by atoms with Crippen LogP contribution in [0, 0.1) is 0 Å². The molecule has 0 aromatic heterocycles. The first-order valence-corrected chi connectivity index (χ1v) is 10.6. The van der Waals surface area contributed by atoms with Gasteiger partial charge in [0.15, 0.2) is 0 Å². The normalized spacial score (nSPS) is 12.9. The van der Waals surface area contributed by atoms with Crippen LogP contribution in [0.1, 0.15) is 5.56 Å². The number of rotatable bonds is 3. The van der Waals surface area contributed by atoms with E-state index >= 15 is 0 Å². The fourth-order valence-electron chi connectivity index (χ4n) is 1.54. The molecule has 1 aromatic carbocycles. The topological polar surface area (TPSA) is 0 Å². The average molecular weight is 311 g/mol. The molecule has 90 valence electrons. The molecule has 16 heavy (non-hydrogen) atoms. The summed E-state index contributed by atoms with van der Waals surface area (Å²) in [7, 11) is -1.53. The van der Waals surface area contributed by atoms with Gasteiger partial charge in [-0.05, 0) is 0 Å². The van der Waals surface area contributed by atoms with Crippen LogP contribution in [-0.4, -0.2) is 28.1 Å². The maximum absolute atomic E-state index is 12.2. The molecule has 0 amide bonds. The van der Waals surface area contributed by atoms with Gasteiger partial charge in [-0.15, -0.1) is 0 Å². The quantitative estimate of drug-likeness (QED) is 0.753. The van der Waals surface area contributed by atoms with Gasteiger partial charge in [0.05, 0.1) is 0 Å². The molecule has 0 N–H and O–H groups in total. The van der Waals surface area contributed by atoms with E-state index in [9.17, 15) is 13.2 Å². The van der Waals surface area contributed by atoms with Crippen molar-refractivity contribution in [2.75, 3.05) is 0 Å². The Bertz CT molecular complexity index is 355. The van der Waals surface area contributed by atoms with Gasteiger partial charge in [-0.1, -0.05) is 0 Å². The van der Waals surface area contributed by atoms with Crippen LogP contribution in [0.2, 0.25) is 19.6 Å². The Morgan fingerprint density at radius 2 is 1.69 bits per heavy atom. The summed E-state index contributed by atoms with van der Waals surface area (Å²) in [5.41, 5.74) is 0.888. The number of halogens is 3. The van der Waals surface area contributed by atoms with E-state index < -0.39 is 28.1 Å². The predicted molar refractivity (Wildman–Crippen MR) is 64.9 cm³/mol. The fourth-order valence-corrected chi connectivity index (χ4v) is 4.75. The zero-order valence-corrected chi connectivity index (χ0v) is 12.3. The Morgan fingerprint density at radius 3 is 2.19 bits per heavy atom. The second-order valence-corrected chi connectivity index (χ2v) is 11.9. The summed E-state index contributed by atoms with van der Waals surface area (Å²) in [5, 5.41) is -2.68. The first-order valence-electron chi connectivity index (χ1n) is 4.99. The van der Waals surface area contributed by atoms with Crippen molar-refractivity contribution in [1.29, 1.82) is 0 Å². The number of hydrogen-bond donors (Lipinski definition) is 0. The third-order valence-corrected chi connectivity index (χ3v) is 5.96. The Labute approximate surface area is 101 Å². The number of hydrogen-bond acceptors (Lipinski definition) is 0. The number of alkyl halides is 3. The molecule has 0 aliphatic carbocycles. The molecule has 0 saturated heterocycles. The van der Waals surface area contributed by atoms with E-state index in [-0.39, 0.29) is 5.32 Å². The summed E-state index contributed by atoms with van der Waals surface area (Å²) in [6, 6.07) is 7.55. The van der Waals surface area contributed by atoms with Gasteiger partial charge < -0.3 is 0 Å². The van der Waals surface area contributed by atoms with Gasteiger partial charge in [-0.2, -0.15) is 0 Å². The SMILES string of the molecule is C[Si](C)(C)c1ccccc1C[Se]C(F)(F)F. The van der Waals surface area contributed by atoms with Crippen molar-refractivity contribution in [2.24, 2.45) is 0 Å². The third kappa shape index (κ3) is 4.32. The van der Waals surface area contributed by atoms with E-state index in [1.807, 2.05) is 24.3 Å². The second-order valence-electron chi connectivity index (χ2n) is 4.64. The first kappa shape index (κ1) is 13.8. The van der Waals surface area contributed by atoms with Crippen molar-refractivity contribution in [1.82, 2.24) is 0 Å². The van der Waals surface area contributed by atoms with E-state index in [0.29, 0.717) is 0 Å². The van der Waals surface area contributed by atoms with Crippen LogP contribution in [0.25, 0.3) is 0 Å². The predicted octanol–water partition coefficient (Wildman–Crippen LogP) is 2.96. The molecule has 0 spiro atoms. The van der Waals surface area contributed by atoms with Crippen molar-refractivity contribution in [3.63, 3.8) is 0 Å². The molecular formula is C11H15F3SeSi. The standard InChI is InChI=1S/C11H15F3SeSi/c1-16(2,3)10-7-5-4-6-9(10)8-15-11(12,13)14/h4-7H,8H2,1-3H3. The molecule has 0 fully saturated rings. The van der Waals surface area contributed by atoms with Crippen LogP contribution < -0.4 is 5.19 Å². The van der Waals surface area contributed by atoms with E-state index in [2.05, 4.69) is 19.6 Å². The van der Waals surface area contributed by atoms with E-state index in [1.165, 1.54) is 0 Å². The van der Waals surface area contributed by atoms with Gasteiger partial charge in [-0.25, -0.2) is 0 Å². The second kappa shape index (κ2) is 4.94. The van der Waals surface area contributed by atoms with Gasteiger partial charge in [0.2, 0.25) is 0 Å². The molecule has 0 heterocycles. The zero-order chi connectivity index (χ0) is 12.4. The summed E-state index contributed by atoms with van der Waals surface area (Å²) in [5.74, 6) is 0. The Kier molecular flexibility index (Phi) is 4.27. The molecule has 1 rings (SSSR count). The first-order chi connectivity index (χ1) is 7.20. The molecule has 0 bridgehead atoms. The number of benzene rings is 1. The molecule has 0 atom stereocenters. The summed E-state index contributed by atoms with van der Waals surface area (Å²) < 4.78 is 36.6. The minimum absolute atomic E-state index is 0.164. The summed E-state index contributed by atoms with van der Waals surface area (Å²) in [4.78, 5) is 0. The van der Waals surface area contributed by atoms with Crippen LogP contribution in [0.5, 0.6) is 0 Å². The average Bonchev–Trinajstić information content (AvgIpc) is 2.12. The van der Waals surface area contributed by atoms with Crippen LogP contribution >= 0.6 is 0 Å². The third-order valence-electron chi connectivity index (χ3n) is 2.22. The summed E-state index contributed by atoms with van der Waals surface area (Å²) >= 11 is -1.30. The van der Waals surface area contributed by atoms with E-state index in [0.717, 1.165) is 10.8 Å². The molecule has 0 nitrogen and oxygen atoms in total. The molecule has 0 aliphatic heterocycles. The van der Waals surface area contributed by atoms with Crippen molar-refractivity contribution < 1.29 is 13.2 Å². The van der Waals surface area contributed by atoms with Gasteiger partial charge >= 0.3 is 101 Å². The van der Waals surface area contributed by atoms with Crippen LogP contribution in [0.3, 0.4) is 0 Å². The Balaban J connectivity index is 2.88. The summed E-state index contributed by atoms with van der Waals surface area (Å²) in [6.45, 7) is 6.48. The van der Waals surface area contributed by atoms with Crippen LogP contribution in [0.15, 0.2) is 24.3 Å². The van der Waals surface area contributed by atoms with Crippen molar-refractivity contribution in [3.8, 4) is 0 Å². The molecule has 0 radical (unpaired) electrons. The Morgan fingerprint density at radius 1 is 1.12 bits per heavy atom. The molecule has 0 saturated carbocycles. The fraction of sp³-hybridized carbons (Fsp3) is 0.455. The monoisotopic (exact) mass is 312 g/mol. The van der Waals surface area contributed by atoms with E-state index in [4.69, 9.17) is 0 Å². The summed E-state index contributed by atoms with van der Waals surface area (Å²) in [6.07, 6.45) is 0. The van der Waals surface area contributed by atoms with Crippen molar-refractivity contribution in [2.45, 2.75) is 30.0 Å². The maximum atomic E-state index is 12.2. The van der Waals surface area contributed by atoms with Gasteiger partial charge in [-0.3, -0.25) is 0 Å². The van der Waals surface area contributed by atoms with E-state index in [1.54, 1.807) is 0 Å². The van der Waals surface area contributed by atoms with Gasteiger partial charge in [0, 0.05) is 0 Å². The van der Waals surface area contributed by atoms with Crippen molar-refractivity contribution in [3.05, 3.63) is 29.8 Å². The zero-order valence-electron chi connectivity index (χ0n) is 9.56. The molecule has 5 heteroatoms. The molecular weight excluding hydrogens is 296 g/mol. The van der Waals surface area contributed by atoms with Crippen LogP contribution in [-0.2, 0) is 5.32 Å². The van der Waals surface area contributed by atoms with Gasteiger partial charge in [0.25, 0.3) is 0 Å². The van der Waals surface area contributed by atoms with Crippen molar-refractivity contribution >= 4 is 28.2 Å².